The molecule has 27 heavy (non-hydrogen) atoms. The number of nitrogens with zero attached hydrogens (tertiary/aromatic N) is 1. The molecule has 1 fully saturated rings. The van der Waals surface area contributed by atoms with Crippen molar-refractivity contribution in [2.75, 3.05) is 31.6 Å². The van der Waals surface area contributed by atoms with Gasteiger partial charge in [-0.2, -0.15) is 0 Å². The van der Waals surface area contributed by atoms with Gasteiger partial charge in [-0.15, -0.1) is 0 Å². The summed E-state index contributed by atoms with van der Waals surface area (Å²) in [6, 6.07) is 16.3. The fourth-order valence-electron chi connectivity index (χ4n) is 2.44. The molecule has 140 valence electrons. The minimum absolute atomic E-state index is 0.273. The van der Waals surface area contributed by atoms with Gasteiger partial charge in [-0.1, -0.05) is 18.2 Å². The van der Waals surface area contributed by atoms with Crippen molar-refractivity contribution < 1.29 is 23.9 Å². The summed E-state index contributed by atoms with van der Waals surface area (Å²) in [6.07, 6.45) is 0. The van der Waals surface area contributed by atoms with Crippen molar-refractivity contribution in [3.63, 3.8) is 0 Å². The van der Waals surface area contributed by atoms with E-state index < -0.39 is 24.5 Å². The van der Waals surface area contributed by atoms with Crippen molar-refractivity contribution in [3.8, 4) is 5.75 Å². The molecule has 3 rings (SSSR count). The molecule has 0 atom stereocenters. The van der Waals surface area contributed by atoms with E-state index in [9.17, 15) is 14.4 Å². The van der Waals surface area contributed by atoms with E-state index in [0.717, 1.165) is 16.3 Å². The molecule has 0 aromatic heterocycles. The van der Waals surface area contributed by atoms with Crippen LogP contribution < -0.4 is 15.4 Å². The van der Waals surface area contributed by atoms with Gasteiger partial charge < -0.3 is 20.1 Å². The Balaban J connectivity index is 1.41. The summed E-state index contributed by atoms with van der Waals surface area (Å²) in [4.78, 5) is 35.8. The summed E-state index contributed by atoms with van der Waals surface area (Å²) >= 11 is 0. The summed E-state index contributed by atoms with van der Waals surface area (Å²) in [5, 5.41) is 5.74. The summed E-state index contributed by atoms with van der Waals surface area (Å²) < 4.78 is 10.2. The van der Waals surface area contributed by atoms with Crippen molar-refractivity contribution in [2.45, 2.75) is 0 Å². The molecule has 2 aromatic rings. The molecule has 2 N–H and O–H groups in total. The number of hydrogen-bond donors (Lipinski definition) is 2. The van der Waals surface area contributed by atoms with Crippen LogP contribution in [-0.4, -0.2) is 49.1 Å². The van der Waals surface area contributed by atoms with E-state index in [0.29, 0.717) is 12.3 Å². The predicted molar refractivity (Wildman–Crippen MR) is 97.7 cm³/mol. The third-order valence-electron chi connectivity index (χ3n) is 3.79. The second-order valence-electron chi connectivity index (χ2n) is 5.74. The van der Waals surface area contributed by atoms with Gasteiger partial charge in [0.25, 0.3) is 5.91 Å². The van der Waals surface area contributed by atoms with Crippen LogP contribution >= 0.6 is 0 Å². The molecule has 8 nitrogen and oxygen atoms in total. The van der Waals surface area contributed by atoms with E-state index in [1.807, 2.05) is 42.5 Å². The van der Waals surface area contributed by atoms with Crippen molar-refractivity contribution in [3.05, 3.63) is 54.6 Å². The topological polar surface area (TPSA) is 97.0 Å². The molecule has 0 spiro atoms. The van der Waals surface area contributed by atoms with E-state index in [1.165, 1.54) is 0 Å². The molecular formula is C19H19N3O5. The Morgan fingerprint density at radius 3 is 2.37 bits per heavy atom. The number of esters is 1. The molecule has 1 aliphatic rings. The number of ether oxygens (including phenoxy) is 2. The average molecular weight is 369 g/mol. The van der Waals surface area contributed by atoms with Crippen LogP contribution in [0.25, 0.3) is 0 Å². The quantitative estimate of drug-likeness (QED) is 0.724. The Morgan fingerprint density at radius 2 is 1.70 bits per heavy atom. The Kier molecular flexibility index (Phi) is 5.88. The van der Waals surface area contributed by atoms with Gasteiger partial charge in [-0.3, -0.25) is 9.69 Å². The Labute approximate surface area is 156 Å². The van der Waals surface area contributed by atoms with Crippen LogP contribution in [0.1, 0.15) is 0 Å². The molecule has 1 aliphatic heterocycles. The number of rotatable bonds is 7. The Bertz CT molecular complexity index is 808. The van der Waals surface area contributed by atoms with Crippen LogP contribution in [-0.2, 0) is 14.3 Å². The molecule has 0 saturated carbocycles. The molecule has 0 radical (unpaired) electrons. The van der Waals surface area contributed by atoms with Gasteiger partial charge in [0.15, 0.2) is 13.2 Å². The van der Waals surface area contributed by atoms with Gasteiger partial charge in [0.1, 0.15) is 5.75 Å². The van der Waals surface area contributed by atoms with Crippen molar-refractivity contribution in [2.24, 2.45) is 0 Å². The highest BCUT2D eigenvalue weighted by molar-refractivity contribution is 5.96. The normalized spacial score (nSPS) is 13.0. The van der Waals surface area contributed by atoms with Crippen molar-refractivity contribution in [1.82, 2.24) is 10.2 Å². The molecule has 3 amide bonds. The smallest absolute Gasteiger partial charge is 0.344 e. The first kappa shape index (κ1) is 18.2. The first-order valence-corrected chi connectivity index (χ1v) is 8.40. The van der Waals surface area contributed by atoms with E-state index in [4.69, 9.17) is 9.47 Å². The number of carbonyl (C=O) groups excluding carboxylic acids is 3. The standard InChI is InChI=1S/C19H19N3O5/c23-17(22-11-10-20-19(22)25)12-27-18(24)13-26-16-8-6-15(7-9-16)21-14-4-2-1-3-5-14/h1-9,21H,10-13H2,(H,20,25). The lowest BCUT2D eigenvalue weighted by molar-refractivity contribution is -0.152. The van der Waals surface area contributed by atoms with Gasteiger partial charge in [0.2, 0.25) is 0 Å². The first-order valence-electron chi connectivity index (χ1n) is 8.40. The SMILES string of the molecule is O=C(COc1ccc(Nc2ccccc2)cc1)OCC(=O)N1CCNC1=O. The molecule has 2 aromatic carbocycles. The minimum atomic E-state index is -0.686. The number of anilines is 2. The number of carbonyl (C=O) groups is 3. The highest BCUT2D eigenvalue weighted by Gasteiger charge is 2.26. The third-order valence-corrected chi connectivity index (χ3v) is 3.79. The lowest BCUT2D eigenvalue weighted by Gasteiger charge is -2.12. The summed E-state index contributed by atoms with van der Waals surface area (Å²) in [5.41, 5.74) is 1.84. The van der Waals surface area contributed by atoms with Crippen LogP contribution in [0.3, 0.4) is 0 Å². The molecule has 8 heteroatoms. The van der Waals surface area contributed by atoms with Crippen LogP contribution in [0, 0.1) is 0 Å². The number of para-hydroxylation sites is 1. The van der Waals surface area contributed by atoms with E-state index in [1.54, 1.807) is 12.1 Å². The second-order valence-corrected chi connectivity index (χ2v) is 5.74. The molecule has 1 saturated heterocycles. The Hall–Kier alpha value is -3.55. The molecule has 0 aliphatic carbocycles. The summed E-state index contributed by atoms with van der Waals surface area (Å²) in [7, 11) is 0. The molecule has 1 heterocycles. The van der Waals surface area contributed by atoms with E-state index in [2.05, 4.69) is 10.6 Å². The zero-order chi connectivity index (χ0) is 19.1. The largest absolute Gasteiger partial charge is 0.482 e. The maximum absolute atomic E-state index is 11.8. The molecular weight excluding hydrogens is 350 g/mol. The lowest BCUT2D eigenvalue weighted by Crippen LogP contribution is -2.37. The van der Waals surface area contributed by atoms with Crippen LogP contribution in [0.5, 0.6) is 5.75 Å². The van der Waals surface area contributed by atoms with Gasteiger partial charge >= 0.3 is 12.0 Å². The van der Waals surface area contributed by atoms with Crippen LogP contribution in [0.4, 0.5) is 16.2 Å². The first-order chi connectivity index (χ1) is 13.1. The number of benzene rings is 2. The lowest BCUT2D eigenvalue weighted by atomic mass is 10.2. The van der Waals surface area contributed by atoms with Crippen LogP contribution in [0.2, 0.25) is 0 Å². The van der Waals surface area contributed by atoms with Crippen LogP contribution in [0.15, 0.2) is 54.6 Å². The number of nitrogens with one attached hydrogen (secondary N) is 2. The third kappa shape index (κ3) is 5.21. The van der Waals surface area contributed by atoms with Gasteiger partial charge in [-0.05, 0) is 36.4 Å². The second kappa shape index (κ2) is 8.70. The minimum Gasteiger partial charge on any atom is -0.482 e. The van der Waals surface area contributed by atoms with Gasteiger partial charge in [0.05, 0.1) is 0 Å². The predicted octanol–water partition coefficient (Wildman–Crippen LogP) is 1.90. The average Bonchev–Trinajstić information content (AvgIpc) is 3.12. The maximum Gasteiger partial charge on any atom is 0.344 e. The molecule has 0 bridgehead atoms. The number of hydrogen-bond acceptors (Lipinski definition) is 6. The monoisotopic (exact) mass is 369 g/mol. The van der Waals surface area contributed by atoms with E-state index >= 15 is 0 Å². The fourth-order valence-corrected chi connectivity index (χ4v) is 2.44. The van der Waals surface area contributed by atoms with Gasteiger partial charge in [-0.25, -0.2) is 9.59 Å². The van der Waals surface area contributed by atoms with E-state index in [-0.39, 0.29) is 13.2 Å². The number of imide groups is 1. The number of amides is 3. The van der Waals surface area contributed by atoms with Crippen molar-refractivity contribution in [1.29, 1.82) is 0 Å². The maximum atomic E-state index is 11.8. The van der Waals surface area contributed by atoms with Gasteiger partial charge in [0, 0.05) is 24.5 Å². The highest BCUT2D eigenvalue weighted by Crippen LogP contribution is 2.19. The Morgan fingerprint density at radius 1 is 1.00 bits per heavy atom. The fraction of sp³-hybridized carbons (Fsp3) is 0.211. The molecule has 0 unspecified atom stereocenters. The van der Waals surface area contributed by atoms with Crippen molar-refractivity contribution >= 4 is 29.3 Å². The highest BCUT2D eigenvalue weighted by atomic mass is 16.6. The summed E-state index contributed by atoms with van der Waals surface area (Å²) in [6.45, 7) is -0.147. The zero-order valence-corrected chi connectivity index (χ0v) is 14.5. The summed E-state index contributed by atoms with van der Waals surface area (Å²) in [5.74, 6) is -0.750. The zero-order valence-electron chi connectivity index (χ0n) is 14.5. The number of urea groups is 1.